The molecule has 0 aromatic carbocycles. The third kappa shape index (κ3) is 1.07. The number of aldehydes is 1. The van der Waals surface area contributed by atoms with Crippen molar-refractivity contribution in [2.75, 3.05) is 0 Å². The molecule has 1 aliphatic carbocycles. The molecular weight excluding hydrogens is 145 g/mol. The van der Waals surface area contributed by atoms with Crippen LogP contribution in [0.4, 0.5) is 4.39 Å². The van der Waals surface area contributed by atoms with E-state index in [0.29, 0.717) is 6.42 Å². The van der Waals surface area contributed by atoms with E-state index in [9.17, 15) is 9.18 Å². The lowest BCUT2D eigenvalue weighted by molar-refractivity contribution is -0.114. The zero-order chi connectivity index (χ0) is 7.84. The van der Waals surface area contributed by atoms with Gasteiger partial charge in [0.2, 0.25) is 0 Å². The maximum Gasteiger partial charge on any atom is 0.137 e. The zero-order valence-corrected chi connectivity index (χ0v) is 6.29. The lowest BCUT2D eigenvalue weighted by Gasteiger charge is -2.43. The van der Waals surface area contributed by atoms with E-state index in [1.54, 1.807) is 0 Å². The molecule has 2 bridgehead atoms. The van der Waals surface area contributed by atoms with Crippen molar-refractivity contribution in [3.63, 3.8) is 0 Å². The highest BCUT2D eigenvalue weighted by atomic mass is 19.1. The Morgan fingerprint density at radius 2 is 2.27 bits per heavy atom. The van der Waals surface area contributed by atoms with Gasteiger partial charge in [0.25, 0.3) is 0 Å². The summed E-state index contributed by atoms with van der Waals surface area (Å²) >= 11 is 0. The number of halogens is 1. The van der Waals surface area contributed by atoms with Crippen LogP contribution < -0.4 is 5.32 Å². The van der Waals surface area contributed by atoms with Crippen LogP contribution in [0.15, 0.2) is 0 Å². The van der Waals surface area contributed by atoms with Crippen LogP contribution in [0.1, 0.15) is 19.3 Å². The minimum Gasteiger partial charge on any atom is -0.304 e. The first kappa shape index (κ1) is 7.22. The molecule has 2 nitrogen and oxygen atoms in total. The number of hydrogen-bond donors (Lipinski definition) is 1. The summed E-state index contributed by atoms with van der Waals surface area (Å²) in [5.41, 5.74) is 0. The van der Waals surface area contributed by atoms with Crippen molar-refractivity contribution in [2.45, 2.75) is 37.5 Å². The number of piperidine rings is 2. The molecule has 1 saturated carbocycles. The summed E-state index contributed by atoms with van der Waals surface area (Å²) in [5.74, 6) is -0.0440. The second-order valence-corrected chi connectivity index (χ2v) is 3.52. The number of fused-ring (bicyclic) bond motifs is 3. The molecule has 2 heterocycles. The van der Waals surface area contributed by atoms with E-state index < -0.39 is 6.17 Å². The number of alkyl halides is 1. The monoisotopic (exact) mass is 157 g/mol. The van der Waals surface area contributed by atoms with E-state index in [0.717, 1.165) is 19.1 Å². The van der Waals surface area contributed by atoms with E-state index in [-0.39, 0.29) is 18.0 Å². The molecule has 3 aliphatic rings. The third-order valence-electron chi connectivity index (χ3n) is 2.86. The maximum absolute atomic E-state index is 13.1. The Morgan fingerprint density at radius 3 is 2.73 bits per heavy atom. The first-order chi connectivity index (χ1) is 5.31. The summed E-state index contributed by atoms with van der Waals surface area (Å²) in [4.78, 5) is 10.5. The van der Waals surface area contributed by atoms with Gasteiger partial charge < -0.3 is 10.1 Å². The fraction of sp³-hybridized carbons (Fsp3) is 0.875. The van der Waals surface area contributed by atoms with Crippen molar-refractivity contribution in [1.82, 2.24) is 5.32 Å². The maximum atomic E-state index is 13.1. The number of rotatable bonds is 1. The van der Waals surface area contributed by atoms with Gasteiger partial charge in [-0.25, -0.2) is 4.39 Å². The average molecular weight is 157 g/mol. The van der Waals surface area contributed by atoms with E-state index in [4.69, 9.17) is 0 Å². The SMILES string of the molecule is O=C[C@H]1N[C@H]2CC[C@@H]1[C@@H](F)C2. The molecule has 0 radical (unpaired) electrons. The summed E-state index contributed by atoms with van der Waals surface area (Å²) in [5, 5.41) is 3.12. The van der Waals surface area contributed by atoms with Crippen molar-refractivity contribution in [3.05, 3.63) is 0 Å². The quantitative estimate of drug-likeness (QED) is 0.567. The van der Waals surface area contributed by atoms with Crippen LogP contribution in [-0.4, -0.2) is 24.5 Å². The summed E-state index contributed by atoms with van der Waals surface area (Å²) in [7, 11) is 0. The second-order valence-electron chi connectivity index (χ2n) is 3.52. The van der Waals surface area contributed by atoms with E-state index in [1.807, 2.05) is 0 Å². The molecule has 2 saturated heterocycles. The lowest BCUT2D eigenvalue weighted by Crippen LogP contribution is -2.57. The smallest absolute Gasteiger partial charge is 0.137 e. The molecule has 0 spiro atoms. The molecule has 3 heteroatoms. The molecule has 4 atom stereocenters. The minimum atomic E-state index is -0.745. The highest BCUT2D eigenvalue weighted by Crippen LogP contribution is 2.34. The standard InChI is InChI=1S/C8H12FNO/c9-7-3-5-1-2-6(7)8(4-11)10-5/h4-8,10H,1-3H2/t5-,6+,7-,8+/m0/s1. The van der Waals surface area contributed by atoms with Crippen molar-refractivity contribution in [3.8, 4) is 0 Å². The fourth-order valence-electron chi connectivity index (χ4n) is 2.23. The molecule has 11 heavy (non-hydrogen) atoms. The lowest BCUT2D eigenvalue weighted by atomic mass is 9.75. The number of hydrogen-bond acceptors (Lipinski definition) is 2. The number of nitrogens with one attached hydrogen (secondary N) is 1. The Morgan fingerprint density at radius 1 is 1.45 bits per heavy atom. The molecule has 0 aromatic heterocycles. The Labute approximate surface area is 65.2 Å². The Hall–Kier alpha value is -0.440. The first-order valence-electron chi connectivity index (χ1n) is 4.16. The van der Waals surface area contributed by atoms with Crippen LogP contribution in [0.3, 0.4) is 0 Å². The molecule has 3 rings (SSSR count). The van der Waals surface area contributed by atoms with Gasteiger partial charge in [-0.15, -0.1) is 0 Å². The first-order valence-corrected chi connectivity index (χ1v) is 4.16. The topological polar surface area (TPSA) is 29.1 Å². The van der Waals surface area contributed by atoms with E-state index in [2.05, 4.69) is 5.32 Å². The number of carbonyl (C=O) groups is 1. The predicted octanol–water partition coefficient (Wildman–Crippen LogP) is 0.664. The van der Waals surface area contributed by atoms with Crippen LogP contribution in [0.5, 0.6) is 0 Å². The molecule has 1 N–H and O–H groups in total. The summed E-state index contributed by atoms with van der Waals surface area (Å²) in [6.07, 6.45) is 2.63. The largest absolute Gasteiger partial charge is 0.304 e. The fourth-order valence-corrected chi connectivity index (χ4v) is 2.23. The summed E-state index contributed by atoms with van der Waals surface area (Å²) in [6, 6.07) is 0.0442. The van der Waals surface area contributed by atoms with Gasteiger partial charge in [-0.2, -0.15) is 0 Å². The molecule has 0 amide bonds. The van der Waals surface area contributed by atoms with Crippen molar-refractivity contribution in [2.24, 2.45) is 5.92 Å². The minimum absolute atomic E-state index is 0.0440. The molecule has 2 aliphatic heterocycles. The third-order valence-corrected chi connectivity index (χ3v) is 2.86. The summed E-state index contributed by atoms with van der Waals surface area (Å²) < 4.78 is 13.1. The summed E-state index contributed by atoms with van der Waals surface area (Å²) in [6.45, 7) is 0. The average Bonchev–Trinajstić information content (AvgIpc) is 2.04. The van der Waals surface area contributed by atoms with Gasteiger partial charge in [0.15, 0.2) is 0 Å². The van der Waals surface area contributed by atoms with Gasteiger partial charge in [-0.3, -0.25) is 0 Å². The van der Waals surface area contributed by atoms with E-state index in [1.165, 1.54) is 0 Å². The number of carbonyl (C=O) groups excluding carboxylic acids is 1. The predicted molar refractivity (Wildman–Crippen MR) is 39.0 cm³/mol. The van der Waals surface area contributed by atoms with Crippen LogP contribution in [0.25, 0.3) is 0 Å². The molecule has 0 unspecified atom stereocenters. The van der Waals surface area contributed by atoms with Crippen LogP contribution in [0, 0.1) is 5.92 Å². The normalized spacial score (nSPS) is 49.2. The van der Waals surface area contributed by atoms with Crippen molar-refractivity contribution in [1.29, 1.82) is 0 Å². The van der Waals surface area contributed by atoms with Crippen molar-refractivity contribution >= 4 is 6.29 Å². The van der Waals surface area contributed by atoms with Gasteiger partial charge in [-0.05, 0) is 19.3 Å². The molecule has 0 aromatic rings. The van der Waals surface area contributed by atoms with Gasteiger partial charge in [0.1, 0.15) is 12.5 Å². The van der Waals surface area contributed by atoms with Gasteiger partial charge in [0, 0.05) is 12.0 Å². The van der Waals surface area contributed by atoms with Gasteiger partial charge in [0.05, 0.1) is 6.04 Å². The molecule has 3 fully saturated rings. The van der Waals surface area contributed by atoms with Crippen LogP contribution in [0.2, 0.25) is 0 Å². The van der Waals surface area contributed by atoms with E-state index >= 15 is 0 Å². The van der Waals surface area contributed by atoms with Gasteiger partial charge in [-0.1, -0.05) is 0 Å². The van der Waals surface area contributed by atoms with Crippen LogP contribution in [-0.2, 0) is 4.79 Å². The Balaban J connectivity index is 2.12. The highest BCUT2D eigenvalue weighted by molar-refractivity contribution is 5.59. The van der Waals surface area contributed by atoms with Gasteiger partial charge >= 0.3 is 0 Å². The Kier molecular flexibility index (Phi) is 1.68. The highest BCUT2D eigenvalue weighted by Gasteiger charge is 2.41. The van der Waals surface area contributed by atoms with Crippen LogP contribution >= 0.6 is 0 Å². The second kappa shape index (κ2) is 2.55. The molecular formula is C8H12FNO. The molecule has 62 valence electrons. The Bertz CT molecular complexity index is 173. The van der Waals surface area contributed by atoms with Crippen molar-refractivity contribution < 1.29 is 9.18 Å². The zero-order valence-electron chi connectivity index (χ0n) is 6.29.